The summed E-state index contributed by atoms with van der Waals surface area (Å²) in [5, 5.41) is 3.04. The summed E-state index contributed by atoms with van der Waals surface area (Å²) < 4.78 is 30.6. The highest BCUT2D eigenvalue weighted by atomic mass is 31.2. The van der Waals surface area contributed by atoms with Crippen molar-refractivity contribution in [3.8, 4) is 0 Å². The Morgan fingerprint density at radius 1 is 0.514 bits per heavy atom. The standard InChI is InChI=1S/C60H111N2O7P/c1-7-10-13-16-19-22-25-28-30-31-32-34-37-40-43-46-49-52-59(63)61-57(56-68-70(65,66)67-55-54-62(4,5)6)58(51-48-45-42-39-36-33-27-24-21-18-15-12-9-3)69-60(64)53-50-47-44-41-38-35-29-26-23-20-17-14-11-8-2/h11,14,20,23,28-30,35,48,51,57-58H,7-10,12-13,15-19,21-22,24-27,31-34,36-47,49-50,52-56H2,1-6H3,(H-,61,63,65,66)/p+1/b14-11+,23-20+,30-28+,35-29+,51-48+. The SMILES string of the molecule is CC/C=C/C/C=C/C/C=C/CCCCCCC(=O)OC(/C=C/CCCCCCCCCCCCC)C(COP(=O)(O)OCC[N+](C)(C)C)NC(=O)CCCCCCCCC/C=C/CCCCCCCC. The van der Waals surface area contributed by atoms with Crippen LogP contribution in [0.4, 0.5) is 0 Å². The largest absolute Gasteiger partial charge is 0.472 e. The monoisotopic (exact) mass is 1000 g/mol. The normalized spacial score (nSPS) is 14.2. The van der Waals surface area contributed by atoms with E-state index in [1.807, 2.05) is 33.3 Å². The Labute approximate surface area is 432 Å². The van der Waals surface area contributed by atoms with Crippen LogP contribution in [0.2, 0.25) is 0 Å². The van der Waals surface area contributed by atoms with E-state index in [-0.39, 0.29) is 31.5 Å². The third-order valence-corrected chi connectivity index (χ3v) is 13.7. The zero-order chi connectivity index (χ0) is 51.5. The number of amides is 1. The molecule has 0 fully saturated rings. The van der Waals surface area contributed by atoms with Crippen LogP contribution in [0.1, 0.15) is 258 Å². The second-order valence-corrected chi connectivity index (χ2v) is 22.2. The average Bonchev–Trinajstić information content (AvgIpc) is 3.32. The highest BCUT2D eigenvalue weighted by Gasteiger charge is 2.30. The number of hydrogen-bond donors (Lipinski definition) is 2. The van der Waals surface area contributed by atoms with Crippen molar-refractivity contribution in [1.29, 1.82) is 0 Å². The number of phosphoric ester groups is 1. The zero-order valence-corrected chi connectivity index (χ0v) is 47.4. The van der Waals surface area contributed by atoms with Crippen LogP contribution in [0.5, 0.6) is 0 Å². The second-order valence-electron chi connectivity index (χ2n) is 20.8. The van der Waals surface area contributed by atoms with E-state index in [9.17, 15) is 19.0 Å². The summed E-state index contributed by atoms with van der Waals surface area (Å²) in [6.07, 6.45) is 62.1. The van der Waals surface area contributed by atoms with E-state index >= 15 is 0 Å². The number of carbonyl (C=O) groups is 2. The number of unbranched alkanes of at least 4 members (excludes halogenated alkanes) is 28. The highest BCUT2D eigenvalue weighted by Crippen LogP contribution is 2.43. The van der Waals surface area contributed by atoms with Crippen LogP contribution < -0.4 is 5.32 Å². The Hall–Kier alpha value is -2.29. The lowest BCUT2D eigenvalue weighted by molar-refractivity contribution is -0.870. The number of nitrogens with one attached hydrogen (secondary N) is 1. The van der Waals surface area contributed by atoms with Gasteiger partial charge in [-0.1, -0.05) is 217 Å². The Bertz CT molecular complexity index is 1390. The van der Waals surface area contributed by atoms with Gasteiger partial charge in [0.1, 0.15) is 19.3 Å². The molecule has 9 nitrogen and oxygen atoms in total. The van der Waals surface area contributed by atoms with Gasteiger partial charge in [0.2, 0.25) is 5.91 Å². The van der Waals surface area contributed by atoms with Gasteiger partial charge >= 0.3 is 13.8 Å². The van der Waals surface area contributed by atoms with Gasteiger partial charge in [0.05, 0.1) is 33.8 Å². The molecular weight excluding hydrogens is 892 g/mol. The number of carbonyl (C=O) groups excluding carboxylic acids is 2. The highest BCUT2D eigenvalue weighted by molar-refractivity contribution is 7.47. The topological polar surface area (TPSA) is 111 Å². The van der Waals surface area contributed by atoms with Gasteiger partial charge in [-0.05, 0) is 89.5 Å². The lowest BCUT2D eigenvalue weighted by Gasteiger charge is -2.27. The molecule has 0 spiro atoms. The number of allylic oxidation sites excluding steroid dienone is 9. The minimum absolute atomic E-state index is 0.0345. The molecule has 0 aliphatic heterocycles. The third-order valence-electron chi connectivity index (χ3n) is 12.7. The van der Waals surface area contributed by atoms with Crippen LogP contribution >= 0.6 is 7.82 Å². The molecule has 3 unspecified atom stereocenters. The van der Waals surface area contributed by atoms with E-state index in [2.05, 4.69) is 74.7 Å². The van der Waals surface area contributed by atoms with Gasteiger partial charge in [0.15, 0.2) is 0 Å². The summed E-state index contributed by atoms with van der Waals surface area (Å²) in [5.74, 6) is -0.534. The molecule has 0 radical (unpaired) electrons. The molecule has 0 aliphatic carbocycles. The average molecular weight is 1000 g/mol. The predicted molar refractivity (Wildman–Crippen MR) is 300 cm³/mol. The molecule has 0 aromatic rings. The summed E-state index contributed by atoms with van der Waals surface area (Å²) >= 11 is 0. The first-order chi connectivity index (χ1) is 33.9. The first-order valence-electron chi connectivity index (χ1n) is 29.1. The number of likely N-dealkylation sites (N-methyl/N-ethyl adjacent to an activating group) is 1. The lowest BCUT2D eigenvalue weighted by Crippen LogP contribution is -2.47. The molecule has 0 aromatic carbocycles. The molecule has 3 atom stereocenters. The van der Waals surface area contributed by atoms with Crippen LogP contribution in [-0.4, -0.2) is 74.3 Å². The number of ether oxygens (including phenoxy) is 1. The van der Waals surface area contributed by atoms with Gasteiger partial charge in [0.25, 0.3) is 0 Å². The van der Waals surface area contributed by atoms with Crippen LogP contribution in [0, 0.1) is 0 Å². The Balaban J connectivity index is 5.38. The van der Waals surface area contributed by atoms with Crippen LogP contribution in [-0.2, 0) is 27.9 Å². The lowest BCUT2D eigenvalue weighted by atomic mass is 10.0. The van der Waals surface area contributed by atoms with E-state index in [1.165, 1.54) is 122 Å². The van der Waals surface area contributed by atoms with E-state index in [0.29, 0.717) is 23.9 Å². The van der Waals surface area contributed by atoms with Crippen LogP contribution in [0.3, 0.4) is 0 Å². The Morgan fingerprint density at radius 2 is 0.914 bits per heavy atom. The first kappa shape index (κ1) is 67.7. The quantitative estimate of drug-likeness (QED) is 0.0205. The summed E-state index contributed by atoms with van der Waals surface area (Å²) in [6.45, 7) is 6.88. The van der Waals surface area contributed by atoms with Crippen molar-refractivity contribution in [2.45, 2.75) is 270 Å². The number of hydrogen-bond acceptors (Lipinski definition) is 6. The minimum atomic E-state index is -4.45. The molecule has 0 heterocycles. The summed E-state index contributed by atoms with van der Waals surface area (Å²) in [4.78, 5) is 37.6. The molecule has 70 heavy (non-hydrogen) atoms. The molecule has 0 bridgehead atoms. The maximum absolute atomic E-state index is 13.5. The van der Waals surface area contributed by atoms with Crippen molar-refractivity contribution < 1.29 is 37.3 Å². The van der Waals surface area contributed by atoms with E-state index < -0.39 is 20.0 Å². The molecule has 0 rings (SSSR count). The van der Waals surface area contributed by atoms with Crippen molar-refractivity contribution in [3.63, 3.8) is 0 Å². The van der Waals surface area contributed by atoms with Crippen LogP contribution in [0.25, 0.3) is 0 Å². The van der Waals surface area contributed by atoms with Gasteiger partial charge < -0.3 is 19.4 Å². The molecule has 0 saturated heterocycles. The minimum Gasteiger partial charge on any atom is -0.456 e. The van der Waals surface area contributed by atoms with Crippen molar-refractivity contribution in [3.05, 3.63) is 60.8 Å². The van der Waals surface area contributed by atoms with Crippen molar-refractivity contribution in [2.24, 2.45) is 0 Å². The van der Waals surface area contributed by atoms with E-state index in [1.54, 1.807) is 0 Å². The second kappa shape index (κ2) is 50.3. The number of rotatable bonds is 52. The van der Waals surface area contributed by atoms with Gasteiger partial charge in [-0.15, -0.1) is 0 Å². The predicted octanol–water partition coefficient (Wildman–Crippen LogP) is 17.5. The van der Waals surface area contributed by atoms with Gasteiger partial charge in [-0.25, -0.2) is 4.57 Å². The van der Waals surface area contributed by atoms with Crippen molar-refractivity contribution in [1.82, 2.24) is 5.32 Å². The van der Waals surface area contributed by atoms with Crippen molar-refractivity contribution in [2.75, 3.05) is 40.9 Å². The van der Waals surface area contributed by atoms with Crippen molar-refractivity contribution >= 4 is 19.7 Å². The summed E-state index contributed by atoms with van der Waals surface area (Å²) in [6, 6.07) is -0.859. The van der Waals surface area contributed by atoms with Gasteiger partial charge in [-0.3, -0.25) is 18.6 Å². The number of phosphoric acid groups is 1. The number of nitrogens with zero attached hydrogens (tertiary/aromatic N) is 1. The molecule has 1 amide bonds. The van der Waals surface area contributed by atoms with Crippen LogP contribution in [0.15, 0.2) is 60.8 Å². The van der Waals surface area contributed by atoms with E-state index in [4.69, 9.17) is 13.8 Å². The molecule has 0 aliphatic rings. The first-order valence-corrected chi connectivity index (χ1v) is 30.6. The Morgan fingerprint density at radius 3 is 1.39 bits per heavy atom. The molecule has 2 N–H and O–H groups in total. The fourth-order valence-electron chi connectivity index (χ4n) is 8.18. The molecular formula is C60H112N2O7P+. The maximum Gasteiger partial charge on any atom is 0.472 e. The fraction of sp³-hybridized carbons (Fsp3) is 0.800. The van der Waals surface area contributed by atoms with Gasteiger partial charge in [0, 0.05) is 12.8 Å². The fourth-order valence-corrected chi connectivity index (χ4v) is 8.92. The number of quaternary nitrogens is 1. The molecule has 0 aromatic heterocycles. The third kappa shape index (κ3) is 50.6. The molecule has 0 saturated carbocycles. The molecule has 10 heteroatoms. The van der Waals surface area contributed by atoms with E-state index in [0.717, 1.165) is 96.3 Å². The summed E-state index contributed by atoms with van der Waals surface area (Å²) in [5.41, 5.74) is 0. The Kier molecular flexibility index (Phi) is 48.6. The maximum atomic E-state index is 13.5. The molecule has 408 valence electrons. The zero-order valence-electron chi connectivity index (χ0n) is 46.5. The summed E-state index contributed by atoms with van der Waals surface area (Å²) in [7, 11) is 1.48. The number of esters is 1. The smallest absolute Gasteiger partial charge is 0.456 e. The van der Waals surface area contributed by atoms with Gasteiger partial charge in [-0.2, -0.15) is 0 Å².